The van der Waals surface area contributed by atoms with Gasteiger partial charge in [0.15, 0.2) is 0 Å². The lowest BCUT2D eigenvalue weighted by molar-refractivity contribution is -0.384. The molecule has 2 N–H and O–H groups in total. The molecule has 19 heavy (non-hydrogen) atoms. The summed E-state index contributed by atoms with van der Waals surface area (Å²) in [6.07, 6.45) is 0. The maximum absolute atomic E-state index is 11.1. The molecule has 0 heterocycles. The molecule has 0 saturated heterocycles. The summed E-state index contributed by atoms with van der Waals surface area (Å²) in [4.78, 5) is 21.3. The van der Waals surface area contributed by atoms with Gasteiger partial charge in [0, 0.05) is 19.2 Å². The van der Waals surface area contributed by atoms with Crippen LogP contribution in [0.15, 0.2) is 18.2 Å². The Balaban J connectivity index is 3.18. The maximum atomic E-state index is 11.1. The summed E-state index contributed by atoms with van der Waals surface area (Å²) < 4.78 is 5.01. The second-order valence-electron chi connectivity index (χ2n) is 4.73. The largest absolute Gasteiger partial charge is 0.478 e. The van der Waals surface area contributed by atoms with Crippen molar-refractivity contribution in [2.75, 3.05) is 19.0 Å². The third-order valence-corrected chi connectivity index (χ3v) is 2.42. The molecule has 0 aliphatic heterocycles. The molecular weight excluding hydrogens is 252 g/mol. The fourth-order valence-electron chi connectivity index (χ4n) is 1.70. The first-order valence-corrected chi connectivity index (χ1v) is 5.55. The summed E-state index contributed by atoms with van der Waals surface area (Å²) in [6.45, 7) is 3.94. The minimum atomic E-state index is -1.15. The fourth-order valence-corrected chi connectivity index (χ4v) is 1.70. The molecule has 0 atom stereocenters. The molecule has 0 fully saturated rings. The van der Waals surface area contributed by atoms with Crippen LogP contribution in [-0.2, 0) is 4.74 Å². The third kappa shape index (κ3) is 3.92. The molecule has 0 spiro atoms. The van der Waals surface area contributed by atoms with E-state index in [9.17, 15) is 14.9 Å². The van der Waals surface area contributed by atoms with Gasteiger partial charge in [-0.05, 0) is 19.9 Å². The zero-order chi connectivity index (χ0) is 14.6. The van der Waals surface area contributed by atoms with Crippen LogP contribution in [0, 0.1) is 10.1 Å². The Morgan fingerprint density at radius 3 is 2.63 bits per heavy atom. The van der Waals surface area contributed by atoms with E-state index < -0.39 is 16.4 Å². The van der Waals surface area contributed by atoms with Crippen molar-refractivity contribution in [2.24, 2.45) is 0 Å². The lowest BCUT2D eigenvalue weighted by Crippen LogP contribution is -2.36. The van der Waals surface area contributed by atoms with Crippen molar-refractivity contribution in [3.05, 3.63) is 33.9 Å². The molecule has 0 radical (unpaired) electrons. The minimum absolute atomic E-state index is 0.0187. The smallest absolute Gasteiger partial charge is 0.337 e. The van der Waals surface area contributed by atoms with E-state index in [1.165, 1.54) is 19.2 Å². The monoisotopic (exact) mass is 268 g/mol. The highest BCUT2D eigenvalue weighted by molar-refractivity contribution is 5.95. The number of hydrogen-bond donors (Lipinski definition) is 2. The number of nitro benzene ring substituents is 1. The van der Waals surface area contributed by atoms with Crippen molar-refractivity contribution in [2.45, 2.75) is 19.4 Å². The molecule has 0 unspecified atom stereocenters. The van der Waals surface area contributed by atoms with Crippen LogP contribution >= 0.6 is 0 Å². The van der Waals surface area contributed by atoms with E-state index in [-0.39, 0.29) is 16.9 Å². The molecule has 7 heteroatoms. The zero-order valence-corrected chi connectivity index (χ0v) is 11.0. The van der Waals surface area contributed by atoms with Gasteiger partial charge in [0.25, 0.3) is 5.69 Å². The number of aromatic carboxylic acids is 1. The van der Waals surface area contributed by atoms with Gasteiger partial charge >= 0.3 is 5.97 Å². The number of non-ortho nitro benzene ring substituents is 1. The number of nitrogens with one attached hydrogen (secondary N) is 1. The van der Waals surface area contributed by atoms with Crippen molar-refractivity contribution in [1.29, 1.82) is 0 Å². The van der Waals surface area contributed by atoms with Crippen LogP contribution in [0.3, 0.4) is 0 Å². The van der Waals surface area contributed by atoms with Gasteiger partial charge in [-0.15, -0.1) is 0 Å². The Bertz CT molecular complexity index is 499. The van der Waals surface area contributed by atoms with Crippen molar-refractivity contribution in [3.63, 3.8) is 0 Å². The van der Waals surface area contributed by atoms with Crippen molar-refractivity contribution < 1.29 is 19.6 Å². The number of benzene rings is 1. The zero-order valence-electron chi connectivity index (χ0n) is 11.0. The number of carboxylic acid groups (broad SMARTS) is 1. The van der Waals surface area contributed by atoms with Gasteiger partial charge in [-0.25, -0.2) is 4.79 Å². The van der Waals surface area contributed by atoms with Crippen molar-refractivity contribution in [3.8, 4) is 0 Å². The summed E-state index contributed by atoms with van der Waals surface area (Å²) in [7, 11) is 1.52. The molecule has 1 aromatic carbocycles. The Morgan fingerprint density at radius 1 is 1.53 bits per heavy atom. The van der Waals surface area contributed by atoms with Gasteiger partial charge in [0.05, 0.1) is 28.3 Å². The molecule has 0 aromatic heterocycles. The van der Waals surface area contributed by atoms with Crippen LogP contribution in [0.25, 0.3) is 0 Å². The predicted molar refractivity (Wildman–Crippen MR) is 69.6 cm³/mol. The topological polar surface area (TPSA) is 102 Å². The average molecular weight is 268 g/mol. The Morgan fingerprint density at radius 2 is 2.16 bits per heavy atom. The van der Waals surface area contributed by atoms with Gasteiger partial charge in [0.2, 0.25) is 0 Å². The Labute approximate surface area is 110 Å². The van der Waals surface area contributed by atoms with E-state index >= 15 is 0 Å². The van der Waals surface area contributed by atoms with Crippen molar-refractivity contribution in [1.82, 2.24) is 0 Å². The van der Waals surface area contributed by atoms with E-state index in [1.54, 1.807) is 13.8 Å². The quantitative estimate of drug-likeness (QED) is 0.605. The van der Waals surface area contributed by atoms with E-state index in [0.29, 0.717) is 6.61 Å². The molecule has 0 saturated carbocycles. The number of anilines is 1. The van der Waals surface area contributed by atoms with E-state index in [4.69, 9.17) is 9.84 Å². The number of nitro groups is 1. The van der Waals surface area contributed by atoms with Crippen LogP contribution < -0.4 is 5.32 Å². The van der Waals surface area contributed by atoms with E-state index in [2.05, 4.69) is 5.32 Å². The number of carboxylic acids is 1. The second kappa shape index (κ2) is 5.66. The summed E-state index contributed by atoms with van der Waals surface area (Å²) in [5, 5.41) is 22.8. The van der Waals surface area contributed by atoms with Gasteiger partial charge in [-0.1, -0.05) is 0 Å². The summed E-state index contributed by atoms with van der Waals surface area (Å²) in [5.41, 5.74) is -0.534. The van der Waals surface area contributed by atoms with E-state index in [0.717, 1.165) is 6.07 Å². The fraction of sp³-hybridized carbons (Fsp3) is 0.417. The van der Waals surface area contributed by atoms with Crippen LogP contribution in [0.2, 0.25) is 0 Å². The molecular formula is C12H16N2O5. The summed E-state index contributed by atoms with van der Waals surface area (Å²) >= 11 is 0. The molecule has 1 rings (SSSR count). The molecule has 0 aliphatic rings. The van der Waals surface area contributed by atoms with Gasteiger partial charge < -0.3 is 15.2 Å². The molecule has 104 valence electrons. The molecule has 7 nitrogen and oxygen atoms in total. The van der Waals surface area contributed by atoms with Gasteiger partial charge in [-0.3, -0.25) is 10.1 Å². The number of nitrogens with zero attached hydrogens (tertiary/aromatic N) is 1. The Hall–Kier alpha value is -2.15. The van der Waals surface area contributed by atoms with Crippen LogP contribution in [0.4, 0.5) is 11.4 Å². The lowest BCUT2D eigenvalue weighted by Gasteiger charge is -2.27. The molecule has 0 amide bonds. The lowest BCUT2D eigenvalue weighted by atomic mass is 10.0. The standard InChI is InChI=1S/C12H16N2O5/c1-12(2,7-19-3)13-10-6-8(14(17)18)4-5-9(10)11(15)16/h4-6,13H,7H2,1-3H3,(H,15,16). The third-order valence-electron chi connectivity index (χ3n) is 2.42. The number of hydrogen-bond acceptors (Lipinski definition) is 5. The first-order chi connectivity index (χ1) is 8.76. The number of methoxy groups -OCH3 is 1. The van der Waals surface area contributed by atoms with Gasteiger partial charge in [-0.2, -0.15) is 0 Å². The first-order valence-electron chi connectivity index (χ1n) is 5.55. The SMILES string of the molecule is COCC(C)(C)Nc1cc([N+](=O)[O-])ccc1C(=O)O. The van der Waals surface area contributed by atoms with Gasteiger partial charge in [0.1, 0.15) is 0 Å². The minimum Gasteiger partial charge on any atom is -0.478 e. The Kier molecular flexibility index (Phi) is 4.44. The highest BCUT2D eigenvalue weighted by atomic mass is 16.6. The number of carbonyl (C=O) groups is 1. The highest BCUT2D eigenvalue weighted by Crippen LogP contribution is 2.25. The van der Waals surface area contributed by atoms with Crippen LogP contribution in [-0.4, -0.2) is 35.3 Å². The highest BCUT2D eigenvalue weighted by Gasteiger charge is 2.22. The summed E-state index contributed by atoms with van der Waals surface area (Å²) in [5.74, 6) is -1.15. The summed E-state index contributed by atoms with van der Waals surface area (Å²) in [6, 6.07) is 3.59. The maximum Gasteiger partial charge on any atom is 0.337 e. The predicted octanol–water partition coefficient (Wildman–Crippen LogP) is 2.13. The van der Waals surface area contributed by atoms with Crippen molar-refractivity contribution >= 4 is 17.3 Å². The molecule has 0 aliphatic carbocycles. The molecule has 1 aromatic rings. The first kappa shape index (κ1) is 14.9. The number of ether oxygens (including phenoxy) is 1. The second-order valence-corrected chi connectivity index (χ2v) is 4.73. The number of rotatable bonds is 6. The molecule has 0 bridgehead atoms. The average Bonchev–Trinajstić information content (AvgIpc) is 2.27. The van der Waals surface area contributed by atoms with Crippen LogP contribution in [0.1, 0.15) is 24.2 Å². The normalized spacial score (nSPS) is 11.1. The van der Waals surface area contributed by atoms with Crippen LogP contribution in [0.5, 0.6) is 0 Å². The van der Waals surface area contributed by atoms with E-state index in [1.807, 2.05) is 0 Å².